The van der Waals surface area contributed by atoms with Crippen molar-refractivity contribution in [2.24, 2.45) is 0 Å². The number of carbonyl (C=O) groups is 2. The van der Waals surface area contributed by atoms with Gasteiger partial charge in [0.1, 0.15) is 5.75 Å². The summed E-state index contributed by atoms with van der Waals surface area (Å²) in [6.07, 6.45) is 1.81. The van der Waals surface area contributed by atoms with Crippen LogP contribution in [0.4, 0.5) is 5.95 Å². The number of benzene rings is 1. The van der Waals surface area contributed by atoms with Gasteiger partial charge in [0, 0.05) is 43.9 Å². The number of hydrogen-bond acceptors (Lipinski definition) is 7. The molecule has 0 unspecified atom stereocenters. The maximum atomic E-state index is 12.8. The highest BCUT2D eigenvalue weighted by Gasteiger charge is 2.27. The molecule has 2 aliphatic heterocycles. The Balaban J connectivity index is 1.45. The summed E-state index contributed by atoms with van der Waals surface area (Å²) in [6.45, 7) is 5.19. The molecule has 8 heteroatoms. The predicted octanol–water partition coefficient (Wildman–Crippen LogP) is 1.39. The first kappa shape index (κ1) is 17.4. The van der Waals surface area contributed by atoms with Crippen LogP contribution in [0.15, 0.2) is 30.5 Å². The molecule has 2 aliphatic rings. The average molecular weight is 368 g/mol. The van der Waals surface area contributed by atoms with Crippen molar-refractivity contribution in [1.82, 2.24) is 14.9 Å². The highest BCUT2D eigenvalue weighted by Crippen LogP contribution is 2.25. The van der Waals surface area contributed by atoms with Gasteiger partial charge in [-0.25, -0.2) is 9.97 Å². The van der Waals surface area contributed by atoms with Gasteiger partial charge in [-0.1, -0.05) is 0 Å². The monoisotopic (exact) mass is 368 g/mol. The first-order chi connectivity index (χ1) is 13.1. The highest BCUT2D eigenvalue weighted by molar-refractivity contribution is 5.94. The number of carbonyl (C=O) groups excluding carboxylic acids is 2. The minimum absolute atomic E-state index is 0.0877. The van der Waals surface area contributed by atoms with Gasteiger partial charge in [-0.3, -0.25) is 9.59 Å². The minimum atomic E-state index is -0.390. The second-order valence-corrected chi connectivity index (χ2v) is 6.52. The van der Waals surface area contributed by atoms with Crippen molar-refractivity contribution in [1.29, 1.82) is 0 Å². The van der Waals surface area contributed by atoms with Crippen molar-refractivity contribution in [3.8, 4) is 5.75 Å². The summed E-state index contributed by atoms with van der Waals surface area (Å²) in [5.74, 6) is 0.635. The van der Waals surface area contributed by atoms with Crippen molar-refractivity contribution in [3.63, 3.8) is 0 Å². The van der Waals surface area contributed by atoms with Gasteiger partial charge in [0.2, 0.25) is 5.95 Å². The summed E-state index contributed by atoms with van der Waals surface area (Å²) in [4.78, 5) is 36.7. The Morgan fingerprint density at radius 2 is 1.85 bits per heavy atom. The van der Waals surface area contributed by atoms with Crippen LogP contribution in [0.3, 0.4) is 0 Å². The normalized spacial score (nSPS) is 16.2. The van der Waals surface area contributed by atoms with Crippen molar-refractivity contribution >= 4 is 17.8 Å². The lowest BCUT2D eigenvalue weighted by Crippen LogP contribution is -2.37. The Morgan fingerprint density at radius 1 is 1.11 bits per heavy atom. The second kappa shape index (κ2) is 7.32. The number of esters is 1. The maximum absolute atomic E-state index is 12.8. The van der Waals surface area contributed by atoms with E-state index in [9.17, 15) is 9.59 Å². The number of anilines is 1. The largest absolute Gasteiger partial charge is 0.427 e. The molecule has 4 rings (SSSR count). The second-order valence-electron chi connectivity index (χ2n) is 6.52. The van der Waals surface area contributed by atoms with Gasteiger partial charge in [-0.15, -0.1) is 0 Å². The molecule has 0 aliphatic carbocycles. The molecule has 27 heavy (non-hydrogen) atoms. The van der Waals surface area contributed by atoms with Crippen molar-refractivity contribution < 1.29 is 19.1 Å². The molecule has 1 amide bonds. The Hall–Kier alpha value is -3.00. The van der Waals surface area contributed by atoms with E-state index in [2.05, 4.69) is 14.9 Å². The molecule has 3 heterocycles. The lowest BCUT2D eigenvalue weighted by Gasteiger charge is -2.26. The van der Waals surface area contributed by atoms with Gasteiger partial charge < -0.3 is 19.3 Å². The number of ether oxygens (including phenoxy) is 2. The molecule has 0 atom stereocenters. The summed E-state index contributed by atoms with van der Waals surface area (Å²) in [7, 11) is 0. The Morgan fingerprint density at radius 3 is 2.56 bits per heavy atom. The Bertz CT molecular complexity index is 863. The van der Waals surface area contributed by atoms with Crippen LogP contribution in [0.1, 0.15) is 28.5 Å². The lowest BCUT2D eigenvalue weighted by atomic mass is 10.2. The van der Waals surface area contributed by atoms with E-state index in [0.29, 0.717) is 43.6 Å². The fraction of sp³-hybridized carbons (Fsp3) is 0.368. The van der Waals surface area contributed by atoms with E-state index in [1.165, 1.54) is 6.92 Å². The van der Waals surface area contributed by atoms with Crippen LogP contribution in [0, 0.1) is 0 Å². The topological polar surface area (TPSA) is 84.9 Å². The van der Waals surface area contributed by atoms with Gasteiger partial charge in [0.15, 0.2) is 0 Å². The zero-order valence-corrected chi connectivity index (χ0v) is 15.1. The molecule has 0 spiro atoms. The SMILES string of the molecule is CC(=O)Oc1ccc(C(=O)N2Cc3cnc(N4CCOCC4)nc3C2)cc1. The molecule has 2 aromatic rings. The summed E-state index contributed by atoms with van der Waals surface area (Å²) in [6, 6.07) is 6.56. The van der Waals surface area contributed by atoms with Crippen LogP contribution in [-0.2, 0) is 22.6 Å². The molecule has 0 bridgehead atoms. The first-order valence-electron chi connectivity index (χ1n) is 8.85. The van der Waals surface area contributed by atoms with Gasteiger partial charge in [0.05, 0.1) is 25.5 Å². The molecule has 8 nitrogen and oxygen atoms in total. The van der Waals surface area contributed by atoms with E-state index in [1.54, 1.807) is 29.2 Å². The lowest BCUT2D eigenvalue weighted by molar-refractivity contribution is -0.131. The number of nitrogens with zero attached hydrogens (tertiary/aromatic N) is 4. The number of amides is 1. The number of rotatable bonds is 3. The van der Waals surface area contributed by atoms with Crippen LogP contribution in [0.5, 0.6) is 5.75 Å². The summed E-state index contributed by atoms with van der Waals surface area (Å²) in [5.41, 5.74) is 2.40. The quantitative estimate of drug-likeness (QED) is 0.598. The van der Waals surface area contributed by atoms with Crippen LogP contribution in [0.2, 0.25) is 0 Å². The zero-order chi connectivity index (χ0) is 18.8. The van der Waals surface area contributed by atoms with Crippen molar-refractivity contribution in [3.05, 3.63) is 47.3 Å². The third kappa shape index (κ3) is 3.75. The Labute approximate surface area is 156 Å². The average Bonchev–Trinajstić information content (AvgIpc) is 3.11. The standard InChI is InChI=1S/C19H20N4O4/c1-13(24)27-16-4-2-14(3-5-16)18(25)23-11-15-10-20-19(21-17(15)12-23)22-6-8-26-9-7-22/h2-5,10H,6-9,11-12H2,1H3. The van der Waals surface area contributed by atoms with E-state index in [1.807, 2.05) is 6.20 Å². The summed E-state index contributed by atoms with van der Waals surface area (Å²) < 4.78 is 10.4. The molecule has 0 radical (unpaired) electrons. The minimum Gasteiger partial charge on any atom is -0.427 e. The molecule has 1 fully saturated rings. The number of morpholine rings is 1. The van der Waals surface area contributed by atoms with Gasteiger partial charge in [-0.05, 0) is 24.3 Å². The van der Waals surface area contributed by atoms with Crippen molar-refractivity contribution in [2.75, 3.05) is 31.2 Å². The fourth-order valence-corrected chi connectivity index (χ4v) is 3.22. The van der Waals surface area contributed by atoms with Crippen molar-refractivity contribution in [2.45, 2.75) is 20.0 Å². The molecule has 0 N–H and O–H groups in total. The van der Waals surface area contributed by atoms with Crippen LogP contribution >= 0.6 is 0 Å². The zero-order valence-electron chi connectivity index (χ0n) is 15.1. The van der Waals surface area contributed by atoms with Crippen LogP contribution in [0.25, 0.3) is 0 Å². The smallest absolute Gasteiger partial charge is 0.308 e. The van der Waals surface area contributed by atoms with Crippen LogP contribution in [-0.4, -0.2) is 53.0 Å². The first-order valence-corrected chi connectivity index (χ1v) is 8.85. The van der Waals surface area contributed by atoms with Gasteiger partial charge in [0.25, 0.3) is 5.91 Å². The summed E-state index contributed by atoms with van der Waals surface area (Å²) >= 11 is 0. The number of hydrogen-bond donors (Lipinski definition) is 0. The van der Waals surface area contributed by atoms with E-state index in [0.717, 1.165) is 24.3 Å². The summed E-state index contributed by atoms with van der Waals surface area (Å²) in [5, 5.41) is 0. The van der Waals surface area contributed by atoms with E-state index in [4.69, 9.17) is 9.47 Å². The maximum Gasteiger partial charge on any atom is 0.308 e. The highest BCUT2D eigenvalue weighted by atomic mass is 16.5. The Kier molecular flexibility index (Phi) is 4.72. The molecule has 140 valence electrons. The van der Waals surface area contributed by atoms with E-state index in [-0.39, 0.29) is 5.91 Å². The molecule has 0 saturated carbocycles. The molecular weight excluding hydrogens is 348 g/mol. The third-order valence-electron chi connectivity index (χ3n) is 4.59. The van der Waals surface area contributed by atoms with E-state index >= 15 is 0 Å². The number of fused-ring (bicyclic) bond motifs is 1. The number of aromatic nitrogens is 2. The van der Waals surface area contributed by atoms with Crippen LogP contribution < -0.4 is 9.64 Å². The van der Waals surface area contributed by atoms with Gasteiger partial charge >= 0.3 is 5.97 Å². The van der Waals surface area contributed by atoms with E-state index < -0.39 is 5.97 Å². The predicted molar refractivity (Wildman–Crippen MR) is 96.4 cm³/mol. The molecule has 1 aromatic heterocycles. The molecule has 1 saturated heterocycles. The molecular formula is C19H20N4O4. The fourth-order valence-electron chi connectivity index (χ4n) is 3.22. The third-order valence-corrected chi connectivity index (χ3v) is 4.59. The molecule has 1 aromatic carbocycles. The van der Waals surface area contributed by atoms with Gasteiger partial charge in [-0.2, -0.15) is 0 Å².